The third-order valence-corrected chi connectivity index (χ3v) is 5.74. The van der Waals surface area contributed by atoms with Crippen LogP contribution in [0.25, 0.3) is 0 Å². The van der Waals surface area contributed by atoms with Gasteiger partial charge in [-0.15, -0.1) is 0 Å². The molecule has 8 heteroatoms. The van der Waals surface area contributed by atoms with Crippen LogP contribution in [0.1, 0.15) is 42.5 Å². The second-order valence-corrected chi connectivity index (χ2v) is 8.41. The number of carbonyl (C=O) groups is 2. The van der Waals surface area contributed by atoms with Gasteiger partial charge >= 0.3 is 5.97 Å². The first-order valence-corrected chi connectivity index (χ1v) is 10.6. The van der Waals surface area contributed by atoms with E-state index in [0.717, 1.165) is 31.9 Å². The van der Waals surface area contributed by atoms with Crippen LogP contribution in [0.15, 0.2) is 24.3 Å². The lowest BCUT2D eigenvalue weighted by molar-refractivity contribution is -0.125. The summed E-state index contributed by atoms with van der Waals surface area (Å²) in [5.74, 6) is -0.523. The number of esters is 1. The van der Waals surface area contributed by atoms with E-state index in [1.54, 1.807) is 18.2 Å². The lowest BCUT2D eigenvalue weighted by Crippen LogP contribution is -2.40. The molecule has 0 heterocycles. The highest BCUT2D eigenvalue weighted by Gasteiger charge is 2.22. The van der Waals surface area contributed by atoms with Gasteiger partial charge in [-0.3, -0.25) is 9.10 Å². The Morgan fingerprint density at radius 1 is 1.23 bits per heavy atom. The van der Waals surface area contributed by atoms with Crippen molar-refractivity contribution in [2.45, 2.75) is 32.1 Å². The fourth-order valence-electron chi connectivity index (χ4n) is 3.18. The van der Waals surface area contributed by atoms with E-state index in [1.165, 1.54) is 23.9 Å². The maximum atomic E-state index is 12.2. The van der Waals surface area contributed by atoms with E-state index < -0.39 is 16.0 Å². The summed E-state index contributed by atoms with van der Waals surface area (Å²) >= 11 is 0. The maximum absolute atomic E-state index is 12.2. The first-order chi connectivity index (χ1) is 12.3. The van der Waals surface area contributed by atoms with Gasteiger partial charge in [-0.2, -0.15) is 0 Å². The number of nitrogens with one attached hydrogen (secondary N) is 1. The fraction of sp³-hybridized carbons (Fsp3) is 0.556. The molecule has 0 bridgehead atoms. The summed E-state index contributed by atoms with van der Waals surface area (Å²) in [5, 5.41) is 2.84. The van der Waals surface area contributed by atoms with Gasteiger partial charge < -0.3 is 10.1 Å². The Kier molecular flexibility index (Phi) is 7.02. The number of hydrogen-bond acceptors (Lipinski definition) is 5. The van der Waals surface area contributed by atoms with Gasteiger partial charge in [0.2, 0.25) is 15.9 Å². The summed E-state index contributed by atoms with van der Waals surface area (Å²) in [6.45, 7) is 0.312. The maximum Gasteiger partial charge on any atom is 0.337 e. The molecule has 1 aromatic carbocycles. The monoisotopic (exact) mass is 382 g/mol. The molecule has 2 rings (SSSR count). The van der Waals surface area contributed by atoms with Crippen molar-refractivity contribution >= 4 is 27.6 Å². The molecule has 1 N–H and O–H groups in total. The van der Waals surface area contributed by atoms with Crippen LogP contribution >= 0.6 is 0 Å². The van der Waals surface area contributed by atoms with E-state index in [4.69, 9.17) is 0 Å². The largest absolute Gasteiger partial charge is 0.465 e. The van der Waals surface area contributed by atoms with Gasteiger partial charge in [0.1, 0.15) is 0 Å². The average Bonchev–Trinajstić information content (AvgIpc) is 2.64. The molecular weight excluding hydrogens is 356 g/mol. The van der Waals surface area contributed by atoms with Crippen LogP contribution in [0.5, 0.6) is 0 Å². The Bertz CT molecular complexity index is 742. The number of methoxy groups -OCH3 is 1. The molecule has 144 valence electrons. The molecule has 1 saturated carbocycles. The number of nitrogens with zero attached hydrogens (tertiary/aromatic N) is 1. The Morgan fingerprint density at radius 2 is 1.92 bits per heavy atom. The molecule has 0 aromatic heterocycles. The topological polar surface area (TPSA) is 92.8 Å². The first-order valence-electron chi connectivity index (χ1n) is 8.76. The Hall–Kier alpha value is -2.09. The molecule has 1 fully saturated rings. The number of benzene rings is 1. The zero-order valence-electron chi connectivity index (χ0n) is 15.2. The van der Waals surface area contributed by atoms with Crippen LogP contribution in [0, 0.1) is 5.92 Å². The van der Waals surface area contributed by atoms with Crippen molar-refractivity contribution in [1.82, 2.24) is 5.32 Å². The number of anilines is 1. The van der Waals surface area contributed by atoms with E-state index in [9.17, 15) is 18.0 Å². The van der Waals surface area contributed by atoms with Crippen LogP contribution in [-0.4, -0.2) is 46.7 Å². The van der Waals surface area contributed by atoms with Crippen molar-refractivity contribution in [3.05, 3.63) is 29.8 Å². The van der Waals surface area contributed by atoms with E-state index in [-0.39, 0.29) is 30.5 Å². The Labute approximate surface area is 154 Å². The van der Waals surface area contributed by atoms with Crippen LogP contribution in [0.4, 0.5) is 5.69 Å². The summed E-state index contributed by atoms with van der Waals surface area (Å²) < 4.78 is 30.2. The second-order valence-electron chi connectivity index (χ2n) is 6.50. The highest BCUT2D eigenvalue weighted by Crippen LogP contribution is 2.23. The number of rotatable bonds is 7. The van der Waals surface area contributed by atoms with Crippen molar-refractivity contribution in [2.75, 3.05) is 30.8 Å². The molecule has 0 spiro atoms. The molecule has 1 aliphatic carbocycles. The van der Waals surface area contributed by atoms with Crippen LogP contribution in [0.2, 0.25) is 0 Å². The second kappa shape index (κ2) is 9.02. The summed E-state index contributed by atoms with van der Waals surface area (Å²) in [6.07, 6.45) is 6.18. The van der Waals surface area contributed by atoms with E-state index in [2.05, 4.69) is 10.1 Å². The van der Waals surface area contributed by atoms with Crippen molar-refractivity contribution in [1.29, 1.82) is 0 Å². The van der Waals surface area contributed by atoms with Gasteiger partial charge in [0.05, 0.1) is 31.2 Å². The SMILES string of the molecule is COC(=O)c1cccc(N(CCNC(=O)C2CCCCC2)S(C)(=O)=O)c1. The molecule has 0 aliphatic heterocycles. The molecule has 0 unspecified atom stereocenters. The number of hydrogen-bond donors (Lipinski definition) is 1. The molecule has 26 heavy (non-hydrogen) atoms. The summed E-state index contributed by atoms with van der Waals surface area (Å²) in [6, 6.07) is 6.23. The van der Waals surface area contributed by atoms with Gasteiger partial charge in [0.15, 0.2) is 0 Å². The standard InChI is InChI=1S/C18H26N2O5S/c1-25-18(22)15-9-6-10-16(13-15)20(26(2,23)24)12-11-19-17(21)14-7-4-3-5-8-14/h6,9-10,13-14H,3-5,7-8,11-12H2,1-2H3,(H,19,21). The predicted octanol–water partition coefficient (Wildman–Crippen LogP) is 1.94. The van der Waals surface area contributed by atoms with Crippen molar-refractivity contribution in [3.8, 4) is 0 Å². The van der Waals surface area contributed by atoms with E-state index >= 15 is 0 Å². The zero-order chi connectivity index (χ0) is 19.2. The Balaban J connectivity index is 2.04. The lowest BCUT2D eigenvalue weighted by atomic mass is 9.89. The first kappa shape index (κ1) is 20.2. The molecule has 1 aliphatic rings. The minimum Gasteiger partial charge on any atom is -0.465 e. The molecule has 1 amide bonds. The number of carbonyl (C=O) groups excluding carboxylic acids is 2. The smallest absolute Gasteiger partial charge is 0.337 e. The average molecular weight is 382 g/mol. The number of ether oxygens (including phenoxy) is 1. The van der Waals surface area contributed by atoms with Crippen molar-refractivity contribution < 1.29 is 22.7 Å². The zero-order valence-corrected chi connectivity index (χ0v) is 16.0. The molecule has 0 radical (unpaired) electrons. The number of amides is 1. The highest BCUT2D eigenvalue weighted by molar-refractivity contribution is 7.92. The molecule has 0 saturated heterocycles. The molecular formula is C18H26N2O5S. The minimum atomic E-state index is -3.56. The van der Waals surface area contributed by atoms with Crippen molar-refractivity contribution in [2.24, 2.45) is 5.92 Å². The molecule has 0 atom stereocenters. The van der Waals surface area contributed by atoms with Crippen molar-refractivity contribution in [3.63, 3.8) is 0 Å². The molecule has 7 nitrogen and oxygen atoms in total. The number of sulfonamides is 1. The van der Waals surface area contributed by atoms with Gasteiger partial charge in [-0.05, 0) is 31.0 Å². The predicted molar refractivity (Wildman–Crippen MR) is 99.6 cm³/mol. The minimum absolute atomic E-state index is 0.0125. The van der Waals surface area contributed by atoms with Gasteiger partial charge in [-0.25, -0.2) is 13.2 Å². The van der Waals surface area contributed by atoms with Crippen LogP contribution in [0.3, 0.4) is 0 Å². The highest BCUT2D eigenvalue weighted by atomic mass is 32.2. The van der Waals surface area contributed by atoms with Crippen LogP contribution in [-0.2, 0) is 19.6 Å². The molecule has 1 aromatic rings. The van der Waals surface area contributed by atoms with E-state index in [1.807, 2.05) is 0 Å². The third kappa shape index (κ3) is 5.45. The van der Waals surface area contributed by atoms with Gasteiger partial charge in [0, 0.05) is 12.5 Å². The lowest BCUT2D eigenvalue weighted by Gasteiger charge is -2.24. The van der Waals surface area contributed by atoms with Gasteiger partial charge in [-0.1, -0.05) is 25.3 Å². The van der Waals surface area contributed by atoms with Crippen LogP contribution < -0.4 is 9.62 Å². The Morgan fingerprint density at radius 3 is 2.54 bits per heavy atom. The summed E-state index contributed by atoms with van der Waals surface area (Å²) in [7, 11) is -2.29. The fourth-order valence-corrected chi connectivity index (χ4v) is 4.10. The third-order valence-electron chi connectivity index (χ3n) is 4.55. The normalized spacial score (nSPS) is 15.3. The van der Waals surface area contributed by atoms with E-state index in [0.29, 0.717) is 5.69 Å². The summed E-state index contributed by atoms with van der Waals surface area (Å²) in [4.78, 5) is 23.9. The van der Waals surface area contributed by atoms with Gasteiger partial charge in [0.25, 0.3) is 0 Å². The summed E-state index contributed by atoms with van der Waals surface area (Å²) in [5.41, 5.74) is 0.632. The quantitative estimate of drug-likeness (QED) is 0.728.